The molecule has 0 radical (unpaired) electrons. The molecule has 0 unspecified atom stereocenters. The van der Waals surface area contributed by atoms with Crippen molar-refractivity contribution < 1.29 is 9.53 Å². The Bertz CT molecular complexity index is 187. The SMILES string of the molecule is COC(=O)[C@H]1CC=C(Br)CC1. The number of allylic oxidation sites excluding steroid dienone is 2. The second-order valence-electron chi connectivity index (χ2n) is 2.65. The molecule has 0 aromatic heterocycles. The predicted octanol–water partition coefficient (Wildman–Crippen LogP) is 2.24. The van der Waals surface area contributed by atoms with E-state index in [9.17, 15) is 4.79 Å². The summed E-state index contributed by atoms with van der Waals surface area (Å²) in [4.78, 5) is 11.0. The first-order chi connectivity index (χ1) is 5.24. The van der Waals surface area contributed by atoms with E-state index in [0.717, 1.165) is 19.3 Å². The molecular formula is C8H11BrO2. The van der Waals surface area contributed by atoms with Crippen LogP contribution in [0.3, 0.4) is 0 Å². The average Bonchev–Trinajstić information content (AvgIpc) is 2.05. The summed E-state index contributed by atoms with van der Waals surface area (Å²) < 4.78 is 5.85. The fourth-order valence-corrected chi connectivity index (χ4v) is 1.60. The maximum absolute atomic E-state index is 11.0. The van der Waals surface area contributed by atoms with Crippen LogP contribution < -0.4 is 0 Å². The molecule has 1 aliphatic carbocycles. The van der Waals surface area contributed by atoms with Gasteiger partial charge in [-0.3, -0.25) is 4.79 Å². The monoisotopic (exact) mass is 218 g/mol. The molecule has 0 amide bonds. The second kappa shape index (κ2) is 3.90. The molecule has 0 aromatic rings. The number of rotatable bonds is 1. The first kappa shape index (κ1) is 8.78. The molecule has 1 atom stereocenters. The van der Waals surface area contributed by atoms with Gasteiger partial charge in [-0.1, -0.05) is 22.0 Å². The Kier molecular flexibility index (Phi) is 3.12. The minimum absolute atomic E-state index is 0.0822. The Hall–Kier alpha value is -0.310. The molecule has 0 aromatic carbocycles. The van der Waals surface area contributed by atoms with E-state index in [1.54, 1.807) is 0 Å². The highest BCUT2D eigenvalue weighted by atomic mass is 79.9. The molecule has 11 heavy (non-hydrogen) atoms. The van der Waals surface area contributed by atoms with Gasteiger partial charge >= 0.3 is 5.97 Å². The van der Waals surface area contributed by atoms with Gasteiger partial charge in [0.2, 0.25) is 0 Å². The zero-order valence-electron chi connectivity index (χ0n) is 6.47. The van der Waals surface area contributed by atoms with E-state index in [4.69, 9.17) is 0 Å². The molecule has 1 rings (SSSR count). The standard InChI is InChI=1S/C8H11BrO2/c1-11-8(10)6-2-4-7(9)5-3-6/h4,6H,2-3,5H2,1H3/t6-/m0/s1. The van der Waals surface area contributed by atoms with Crippen LogP contribution >= 0.6 is 15.9 Å². The van der Waals surface area contributed by atoms with Crippen LogP contribution in [0.5, 0.6) is 0 Å². The molecule has 0 saturated heterocycles. The van der Waals surface area contributed by atoms with Gasteiger partial charge in [0, 0.05) is 0 Å². The number of ether oxygens (including phenoxy) is 1. The van der Waals surface area contributed by atoms with Gasteiger partial charge in [0.15, 0.2) is 0 Å². The highest BCUT2D eigenvalue weighted by Gasteiger charge is 2.20. The largest absolute Gasteiger partial charge is 0.469 e. The van der Waals surface area contributed by atoms with Crippen molar-refractivity contribution in [2.24, 2.45) is 5.92 Å². The van der Waals surface area contributed by atoms with Gasteiger partial charge < -0.3 is 4.74 Å². The lowest BCUT2D eigenvalue weighted by molar-refractivity contribution is -0.145. The molecule has 0 spiro atoms. The van der Waals surface area contributed by atoms with Crippen molar-refractivity contribution in [2.45, 2.75) is 19.3 Å². The van der Waals surface area contributed by atoms with Crippen molar-refractivity contribution in [3.63, 3.8) is 0 Å². The Morgan fingerprint density at radius 3 is 3.00 bits per heavy atom. The lowest BCUT2D eigenvalue weighted by Crippen LogP contribution is -2.17. The molecular weight excluding hydrogens is 208 g/mol. The Morgan fingerprint density at radius 1 is 1.82 bits per heavy atom. The Morgan fingerprint density at radius 2 is 2.55 bits per heavy atom. The van der Waals surface area contributed by atoms with Crippen molar-refractivity contribution in [1.82, 2.24) is 0 Å². The van der Waals surface area contributed by atoms with Crippen LogP contribution in [-0.4, -0.2) is 13.1 Å². The molecule has 2 nitrogen and oxygen atoms in total. The number of carbonyl (C=O) groups is 1. The van der Waals surface area contributed by atoms with Crippen molar-refractivity contribution in [2.75, 3.05) is 7.11 Å². The van der Waals surface area contributed by atoms with Crippen LogP contribution in [-0.2, 0) is 9.53 Å². The van der Waals surface area contributed by atoms with E-state index in [0.29, 0.717) is 0 Å². The molecule has 0 N–H and O–H groups in total. The number of hydrogen-bond donors (Lipinski definition) is 0. The van der Waals surface area contributed by atoms with Crippen LogP contribution in [0, 0.1) is 5.92 Å². The lowest BCUT2D eigenvalue weighted by Gasteiger charge is -2.16. The summed E-state index contributed by atoms with van der Waals surface area (Å²) in [5.41, 5.74) is 0. The molecule has 1 aliphatic rings. The predicted molar refractivity (Wildman–Crippen MR) is 46.4 cm³/mol. The number of carbonyl (C=O) groups excluding carboxylic acids is 1. The van der Waals surface area contributed by atoms with Crippen LogP contribution in [0.25, 0.3) is 0 Å². The van der Waals surface area contributed by atoms with E-state index < -0.39 is 0 Å². The van der Waals surface area contributed by atoms with E-state index in [2.05, 4.69) is 20.7 Å². The van der Waals surface area contributed by atoms with Crippen LogP contribution in [0.4, 0.5) is 0 Å². The normalized spacial score (nSPS) is 24.2. The highest BCUT2D eigenvalue weighted by molar-refractivity contribution is 9.11. The highest BCUT2D eigenvalue weighted by Crippen LogP contribution is 2.27. The van der Waals surface area contributed by atoms with E-state index in [1.807, 2.05) is 6.08 Å². The first-order valence-corrected chi connectivity index (χ1v) is 4.45. The number of esters is 1. The molecule has 62 valence electrons. The van der Waals surface area contributed by atoms with Gasteiger partial charge in [0.1, 0.15) is 0 Å². The topological polar surface area (TPSA) is 26.3 Å². The van der Waals surface area contributed by atoms with E-state index >= 15 is 0 Å². The molecule has 0 fully saturated rings. The Balaban J connectivity index is 2.47. The third-order valence-corrected chi connectivity index (χ3v) is 2.61. The minimum Gasteiger partial charge on any atom is -0.469 e. The third kappa shape index (κ3) is 2.33. The molecule has 3 heteroatoms. The van der Waals surface area contributed by atoms with Gasteiger partial charge in [-0.25, -0.2) is 0 Å². The van der Waals surface area contributed by atoms with Gasteiger partial charge in [-0.05, 0) is 23.7 Å². The fraction of sp³-hybridized carbons (Fsp3) is 0.625. The number of halogens is 1. The number of methoxy groups -OCH3 is 1. The van der Waals surface area contributed by atoms with Crippen LogP contribution in [0.2, 0.25) is 0 Å². The minimum atomic E-state index is -0.0822. The number of hydrogen-bond acceptors (Lipinski definition) is 2. The summed E-state index contributed by atoms with van der Waals surface area (Å²) in [5, 5.41) is 0. The summed E-state index contributed by atoms with van der Waals surface area (Å²) in [7, 11) is 1.44. The van der Waals surface area contributed by atoms with Gasteiger partial charge in [-0.15, -0.1) is 0 Å². The van der Waals surface area contributed by atoms with Crippen molar-refractivity contribution >= 4 is 21.9 Å². The maximum atomic E-state index is 11.0. The zero-order chi connectivity index (χ0) is 8.27. The second-order valence-corrected chi connectivity index (χ2v) is 3.66. The van der Waals surface area contributed by atoms with Crippen molar-refractivity contribution in [1.29, 1.82) is 0 Å². The van der Waals surface area contributed by atoms with E-state index in [1.165, 1.54) is 11.6 Å². The molecule has 0 bridgehead atoms. The quantitative estimate of drug-likeness (QED) is 0.632. The lowest BCUT2D eigenvalue weighted by atomic mass is 9.95. The van der Waals surface area contributed by atoms with Gasteiger partial charge in [0.05, 0.1) is 13.0 Å². The summed E-state index contributed by atoms with van der Waals surface area (Å²) in [6, 6.07) is 0. The van der Waals surface area contributed by atoms with Gasteiger partial charge in [0.25, 0.3) is 0 Å². The fourth-order valence-electron chi connectivity index (χ4n) is 1.18. The molecule has 0 heterocycles. The summed E-state index contributed by atoms with van der Waals surface area (Å²) in [5.74, 6) is 0.00236. The molecule has 0 saturated carbocycles. The average molecular weight is 219 g/mol. The zero-order valence-corrected chi connectivity index (χ0v) is 8.06. The smallest absolute Gasteiger partial charge is 0.308 e. The summed E-state index contributed by atoms with van der Waals surface area (Å²) in [6.07, 6.45) is 4.72. The van der Waals surface area contributed by atoms with Crippen molar-refractivity contribution in [3.8, 4) is 0 Å². The third-order valence-electron chi connectivity index (χ3n) is 1.89. The summed E-state index contributed by atoms with van der Waals surface area (Å²) >= 11 is 3.40. The van der Waals surface area contributed by atoms with E-state index in [-0.39, 0.29) is 11.9 Å². The maximum Gasteiger partial charge on any atom is 0.308 e. The van der Waals surface area contributed by atoms with Crippen LogP contribution in [0.15, 0.2) is 10.6 Å². The van der Waals surface area contributed by atoms with Gasteiger partial charge in [-0.2, -0.15) is 0 Å². The first-order valence-electron chi connectivity index (χ1n) is 3.66. The Labute approximate surface area is 74.7 Å². The van der Waals surface area contributed by atoms with Crippen molar-refractivity contribution in [3.05, 3.63) is 10.6 Å². The molecule has 0 aliphatic heterocycles. The van der Waals surface area contributed by atoms with Crippen LogP contribution in [0.1, 0.15) is 19.3 Å². The summed E-state index contributed by atoms with van der Waals surface area (Å²) in [6.45, 7) is 0.